The van der Waals surface area contributed by atoms with Crippen LogP contribution in [0.3, 0.4) is 0 Å². The van der Waals surface area contributed by atoms with Crippen LogP contribution in [0.15, 0.2) is 54.2 Å². The molecule has 2 aromatic rings. The van der Waals surface area contributed by atoms with Crippen molar-refractivity contribution in [2.24, 2.45) is 11.8 Å². The van der Waals surface area contributed by atoms with Crippen molar-refractivity contribution in [3.8, 4) is 5.75 Å². The molecule has 2 aliphatic rings. The van der Waals surface area contributed by atoms with E-state index in [-0.39, 0.29) is 11.8 Å². The maximum absolute atomic E-state index is 13.7. The molecule has 1 saturated heterocycles. The molecule has 2 unspecified atom stereocenters. The van der Waals surface area contributed by atoms with E-state index in [2.05, 4.69) is 18.7 Å². The lowest BCUT2D eigenvalue weighted by molar-refractivity contribution is -0.120. The van der Waals surface area contributed by atoms with E-state index >= 15 is 0 Å². The lowest BCUT2D eigenvalue weighted by atomic mass is 9.91. The molecule has 5 nitrogen and oxygen atoms in total. The van der Waals surface area contributed by atoms with Crippen LogP contribution in [0, 0.1) is 11.8 Å². The maximum atomic E-state index is 13.7. The molecular formula is C25H27ClN2O3. The standard InChI is InChI=1S/C25H27ClN2O3/c1-4-31-19-11-9-18(10-12-19)22-23(27-14-16(2)13-17(3)15-27)25(30)28(24(22)29)21-8-6-5-7-20(21)26/h5-12,16-17H,4,13-15H2,1-3H3. The Morgan fingerprint density at radius 2 is 1.61 bits per heavy atom. The molecule has 0 radical (unpaired) electrons. The van der Waals surface area contributed by atoms with Crippen LogP contribution in [0.25, 0.3) is 5.57 Å². The van der Waals surface area contributed by atoms with E-state index in [1.165, 1.54) is 4.90 Å². The molecule has 4 rings (SSSR count). The third kappa shape index (κ3) is 4.07. The number of piperidine rings is 1. The minimum Gasteiger partial charge on any atom is -0.494 e. The number of hydrogen-bond donors (Lipinski definition) is 0. The maximum Gasteiger partial charge on any atom is 0.282 e. The van der Waals surface area contributed by atoms with Gasteiger partial charge in [0.25, 0.3) is 11.8 Å². The predicted octanol–water partition coefficient (Wildman–Crippen LogP) is 5.00. The van der Waals surface area contributed by atoms with Crippen LogP contribution in [0.1, 0.15) is 32.8 Å². The number of amides is 2. The first-order valence-corrected chi connectivity index (χ1v) is 11.1. The number of benzene rings is 2. The molecule has 6 heteroatoms. The van der Waals surface area contributed by atoms with Gasteiger partial charge in [-0.15, -0.1) is 0 Å². The second-order valence-electron chi connectivity index (χ2n) is 8.43. The van der Waals surface area contributed by atoms with Crippen molar-refractivity contribution in [1.82, 2.24) is 4.90 Å². The Morgan fingerprint density at radius 3 is 2.23 bits per heavy atom. The van der Waals surface area contributed by atoms with Crippen molar-refractivity contribution in [2.45, 2.75) is 27.2 Å². The monoisotopic (exact) mass is 438 g/mol. The molecule has 0 aromatic heterocycles. The van der Waals surface area contributed by atoms with E-state index in [1.54, 1.807) is 24.3 Å². The first-order chi connectivity index (χ1) is 14.9. The molecule has 2 aromatic carbocycles. The van der Waals surface area contributed by atoms with Crippen molar-refractivity contribution in [1.29, 1.82) is 0 Å². The zero-order valence-electron chi connectivity index (χ0n) is 18.1. The highest BCUT2D eigenvalue weighted by molar-refractivity contribution is 6.47. The summed E-state index contributed by atoms with van der Waals surface area (Å²) in [5.41, 5.74) is 2.01. The molecule has 1 fully saturated rings. The van der Waals surface area contributed by atoms with Crippen LogP contribution in [0.5, 0.6) is 5.75 Å². The summed E-state index contributed by atoms with van der Waals surface area (Å²) in [7, 11) is 0. The average Bonchev–Trinajstić information content (AvgIpc) is 2.99. The van der Waals surface area contributed by atoms with Crippen molar-refractivity contribution < 1.29 is 14.3 Å². The van der Waals surface area contributed by atoms with E-state index in [4.69, 9.17) is 16.3 Å². The fourth-order valence-electron chi connectivity index (χ4n) is 4.65. The van der Waals surface area contributed by atoms with E-state index in [1.807, 2.05) is 31.2 Å². The smallest absolute Gasteiger partial charge is 0.282 e. The number of imide groups is 1. The number of para-hydroxylation sites is 1. The topological polar surface area (TPSA) is 49.9 Å². The summed E-state index contributed by atoms with van der Waals surface area (Å²) in [6.07, 6.45) is 1.11. The van der Waals surface area contributed by atoms with Gasteiger partial charge in [0.1, 0.15) is 11.4 Å². The fourth-order valence-corrected chi connectivity index (χ4v) is 4.87. The molecular weight excluding hydrogens is 412 g/mol. The number of nitrogens with zero attached hydrogens (tertiary/aromatic N) is 2. The number of rotatable bonds is 5. The summed E-state index contributed by atoms with van der Waals surface area (Å²) in [5, 5.41) is 0.372. The van der Waals surface area contributed by atoms with Crippen LogP contribution >= 0.6 is 11.6 Å². The Morgan fingerprint density at radius 1 is 0.968 bits per heavy atom. The quantitative estimate of drug-likeness (QED) is 0.616. The number of ether oxygens (including phenoxy) is 1. The van der Waals surface area contributed by atoms with E-state index < -0.39 is 0 Å². The molecule has 31 heavy (non-hydrogen) atoms. The zero-order chi connectivity index (χ0) is 22.1. The largest absolute Gasteiger partial charge is 0.494 e. The Labute approximate surface area is 188 Å². The van der Waals surface area contributed by atoms with Crippen LogP contribution < -0.4 is 9.64 Å². The van der Waals surface area contributed by atoms with Gasteiger partial charge in [-0.05, 0) is 55.0 Å². The second-order valence-corrected chi connectivity index (χ2v) is 8.84. The third-order valence-electron chi connectivity index (χ3n) is 5.79. The second kappa shape index (κ2) is 8.75. The SMILES string of the molecule is CCOc1ccc(C2=C(N3CC(C)CC(C)C3)C(=O)N(c3ccccc3Cl)C2=O)cc1. The lowest BCUT2D eigenvalue weighted by Gasteiger charge is -2.37. The van der Waals surface area contributed by atoms with Crippen molar-refractivity contribution >= 4 is 34.7 Å². The normalized spacial score (nSPS) is 21.8. The molecule has 0 saturated carbocycles. The van der Waals surface area contributed by atoms with Gasteiger partial charge in [0, 0.05) is 13.1 Å². The molecule has 162 valence electrons. The first kappa shape index (κ1) is 21.4. The zero-order valence-corrected chi connectivity index (χ0v) is 18.9. The highest BCUT2D eigenvalue weighted by atomic mass is 35.5. The third-order valence-corrected chi connectivity index (χ3v) is 6.11. The predicted molar refractivity (Wildman–Crippen MR) is 123 cm³/mol. The molecule has 0 aliphatic carbocycles. The fraction of sp³-hybridized carbons (Fsp3) is 0.360. The van der Waals surface area contributed by atoms with Crippen LogP contribution in [-0.4, -0.2) is 36.4 Å². The van der Waals surface area contributed by atoms with Crippen LogP contribution in [0.4, 0.5) is 5.69 Å². The minimum absolute atomic E-state index is 0.316. The Balaban J connectivity index is 1.82. The molecule has 0 N–H and O–H groups in total. The van der Waals surface area contributed by atoms with Crippen molar-refractivity contribution in [3.05, 3.63) is 64.8 Å². The highest BCUT2D eigenvalue weighted by Gasteiger charge is 2.44. The average molecular weight is 439 g/mol. The summed E-state index contributed by atoms with van der Waals surface area (Å²) in [4.78, 5) is 30.6. The highest BCUT2D eigenvalue weighted by Crippen LogP contribution is 2.39. The number of likely N-dealkylation sites (tertiary alicyclic amines) is 1. The summed E-state index contributed by atoms with van der Waals surface area (Å²) < 4.78 is 5.54. The number of halogens is 1. The van der Waals surface area contributed by atoms with Gasteiger partial charge in [0.2, 0.25) is 0 Å². The van der Waals surface area contributed by atoms with Crippen LogP contribution in [0.2, 0.25) is 5.02 Å². The lowest BCUT2D eigenvalue weighted by Crippen LogP contribution is -2.42. The number of carbonyl (C=O) groups excluding carboxylic acids is 2. The van der Waals surface area contributed by atoms with Gasteiger partial charge >= 0.3 is 0 Å². The van der Waals surface area contributed by atoms with Gasteiger partial charge in [0.05, 0.1) is 22.9 Å². The Kier molecular flexibility index (Phi) is 6.05. The number of anilines is 1. The Hall–Kier alpha value is -2.79. The summed E-state index contributed by atoms with van der Waals surface area (Å²) in [6, 6.07) is 14.3. The van der Waals surface area contributed by atoms with E-state index in [0.717, 1.165) is 25.3 Å². The minimum atomic E-state index is -0.344. The number of hydrogen-bond acceptors (Lipinski definition) is 4. The number of carbonyl (C=O) groups is 2. The van der Waals surface area contributed by atoms with Gasteiger partial charge in [-0.1, -0.05) is 49.7 Å². The van der Waals surface area contributed by atoms with Gasteiger partial charge in [-0.25, -0.2) is 4.90 Å². The van der Waals surface area contributed by atoms with E-state index in [0.29, 0.717) is 46.0 Å². The van der Waals surface area contributed by atoms with Gasteiger partial charge in [0.15, 0.2) is 0 Å². The van der Waals surface area contributed by atoms with Gasteiger partial charge in [-0.3, -0.25) is 9.59 Å². The van der Waals surface area contributed by atoms with Crippen molar-refractivity contribution in [2.75, 3.05) is 24.6 Å². The van der Waals surface area contributed by atoms with Crippen LogP contribution in [-0.2, 0) is 9.59 Å². The van der Waals surface area contributed by atoms with E-state index in [9.17, 15) is 9.59 Å². The summed E-state index contributed by atoms with van der Waals surface area (Å²) in [5.74, 6) is 0.949. The molecule has 2 aliphatic heterocycles. The molecule has 2 amide bonds. The summed E-state index contributed by atoms with van der Waals surface area (Å²) in [6.45, 7) is 8.35. The molecule has 2 heterocycles. The Bertz CT molecular complexity index is 1020. The summed E-state index contributed by atoms with van der Waals surface area (Å²) >= 11 is 6.37. The molecule has 0 spiro atoms. The molecule has 0 bridgehead atoms. The molecule has 2 atom stereocenters. The first-order valence-electron chi connectivity index (χ1n) is 10.8. The van der Waals surface area contributed by atoms with Gasteiger partial charge < -0.3 is 9.64 Å². The van der Waals surface area contributed by atoms with Gasteiger partial charge in [-0.2, -0.15) is 0 Å². The van der Waals surface area contributed by atoms with Crippen molar-refractivity contribution in [3.63, 3.8) is 0 Å².